The van der Waals surface area contributed by atoms with Crippen molar-refractivity contribution < 1.29 is 0 Å². The SMILES string of the molecule is CC1(CN)CCN(c2cnc3c(-c4cccc(Cl)c4Cl)n[nH]c3n2)CC1. The van der Waals surface area contributed by atoms with E-state index in [0.717, 1.165) is 43.9 Å². The zero-order chi connectivity index (χ0) is 18.3. The Morgan fingerprint density at radius 3 is 2.77 bits per heavy atom. The Labute approximate surface area is 161 Å². The Balaban J connectivity index is 1.65. The van der Waals surface area contributed by atoms with Crippen molar-refractivity contribution in [2.45, 2.75) is 19.8 Å². The van der Waals surface area contributed by atoms with Gasteiger partial charge in [0.15, 0.2) is 5.65 Å². The summed E-state index contributed by atoms with van der Waals surface area (Å²) >= 11 is 12.4. The number of H-pyrrole nitrogens is 1. The molecular formula is C18H20Cl2N6. The molecule has 0 aliphatic carbocycles. The van der Waals surface area contributed by atoms with Crippen LogP contribution in [-0.4, -0.2) is 39.8 Å². The number of hydrogen-bond donors (Lipinski definition) is 2. The van der Waals surface area contributed by atoms with Crippen LogP contribution in [0.4, 0.5) is 5.82 Å². The fourth-order valence-corrected chi connectivity index (χ4v) is 3.69. The first kappa shape index (κ1) is 17.5. The van der Waals surface area contributed by atoms with Crippen LogP contribution in [-0.2, 0) is 0 Å². The minimum atomic E-state index is 0.221. The molecule has 4 rings (SSSR count). The molecule has 0 saturated carbocycles. The van der Waals surface area contributed by atoms with Crippen LogP contribution in [0.3, 0.4) is 0 Å². The van der Waals surface area contributed by atoms with Gasteiger partial charge in [-0.2, -0.15) is 5.10 Å². The summed E-state index contributed by atoms with van der Waals surface area (Å²) in [5.74, 6) is 0.851. The Hall–Kier alpha value is -1.89. The summed E-state index contributed by atoms with van der Waals surface area (Å²) in [5.41, 5.74) is 8.83. The third-order valence-electron chi connectivity index (χ3n) is 5.25. The minimum absolute atomic E-state index is 0.221. The molecule has 0 unspecified atom stereocenters. The molecule has 6 nitrogen and oxygen atoms in total. The predicted molar refractivity (Wildman–Crippen MR) is 106 cm³/mol. The Bertz CT molecular complexity index is 946. The average Bonchev–Trinajstić information content (AvgIpc) is 3.07. The molecule has 3 heterocycles. The molecule has 0 atom stereocenters. The van der Waals surface area contributed by atoms with Crippen molar-refractivity contribution >= 4 is 40.2 Å². The number of piperidine rings is 1. The first-order chi connectivity index (χ1) is 12.5. The topological polar surface area (TPSA) is 83.7 Å². The molecule has 1 fully saturated rings. The van der Waals surface area contributed by atoms with Crippen LogP contribution < -0.4 is 10.6 Å². The molecule has 1 saturated heterocycles. The molecule has 136 valence electrons. The van der Waals surface area contributed by atoms with E-state index in [1.165, 1.54) is 0 Å². The van der Waals surface area contributed by atoms with Crippen LogP contribution in [0.1, 0.15) is 19.8 Å². The molecule has 2 aromatic heterocycles. The van der Waals surface area contributed by atoms with E-state index in [0.29, 0.717) is 26.9 Å². The van der Waals surface area contributed by atoms with Crippen molar-refractivity contribution in [2.24, 2.45) is 11.1 Å². The number of aromatic amines is 1. The van der Waals surface area contributed by atoms with Crippen molar-refractivity contribution in [3.63, 3.8) is 0 Å². The number of rotatable bonds is 3. The van der Waals surface area contributed by atoms with E-state index in [9.17, 15) is 0 Å². The van der Waals surface area contributed by atoms with E-state index in [4.69, 9.17) is 33.9 Å². The highest BCUT2D eigenvalue weighted by molar-refractivity contribution is 6.43. The lowest BCUT2D eigenvalue weighted by molar-refractivity contribution is 0.258. The Kier molecular flexibility index (Phi) is 4.50. The summed E-state index contributed by atoms with van der Waals surface area (Å²) in [7, 11) is 0. The first-order valence-corrected chi connectivity index (χ1v) is 9.37. The molecule has 26 heavy (non-hydrogen) atoms. The predicted octanol–water partition coefficient (Wildman–Crippen LogP) is 3.89. The zero-order valence-electron chi connectivity index (χ0n) is 14.5. The van der Waals surface area contributed by atoms with Crippen LogP contribution in [0.2, 0.25) is 10.0 Å². The van der Waals surface area contributed by atoms with E-state index in [2.05, 4.69) is 27.0 Å². The molecule has 0 spiro atoms. The van der Waals surface area contributed by atoms with Crippen LogP contribution >= 0.6 is 23.2 Å². The van der Waals surface area contributed by atoms with Crippen molar-refractivity contribution in [3.05, 3.63) is 34.4 Å². The van der Waals surface area contributed by atoms with Gasteiger partial charge in [-0.15, -0.1) is 0 Å². The molecule has 1 aromatic carbocycles. The molecule has 8 heteroatoms. The maximum atomic E-state index is 6.33. The van der Waals surface area contributed by atoms with Gasteiger partial charge in [0.1, 0.15) is 17.0 Å². The average molecular weight is 391 g/mol. The van der Waals surface area contributed by atoms with Gasteiger partial charge in [-0.25, -0.2) is 9.97 Å². The van der Waals surface area contributed by atoms with Crippen LogP contribution in [0, 0.1) is 5.41 Å². The monoisotopic (exact) mass is 390 g/mol. The van der Waals surface area contributed by atoms with Gasteiger partial charge in [-0.1, -0.05) is 42.3 Å². The summed E-state index contributed by atoms with van der Waals surface area (Å²) in [6.07, 6.45) is 3.90. The quantitative estimate of drug-likeness (QED) is 0.708. The fourth-order valence-electron chi connectivity index (χ4n) is 3.30. The van der Waals surface area contributed by atoms with E-state index >= 15 is 0 Å². The normalized spacial score (nSPS) is 17.0. The van der Waals surface area contributed by atoms with E-state index in [-0.39, 0.29) is 5.41 Å². The Morgan fingerprint density at radius 1 is 1.27 bits per heavy atom. The van der Waals surface area contributed by atoms with Gasteiger partial charge in [-0.3, -0.25) is 5.10 Å². The maximum absolute atomic E-state index is 6.33. The summed E-state index contributed by atoms with van der Waals surface area (Å²) in [6.45, 7) is 4.81. The second-order valence-electron chi connectivity index (χ2n) is 7.10. The minimum Gasteiger partial charge on any atom is -0.355 e. The van der Waals surface area contributed by atoms with Gasteiger partial charge in [0.05, 0.1) is 16.2 Å². The molecular weight excluding hydrogens is 371 g/mol. The van der Waals surface area contributed by atoms with Gasteiger partial charge in [0, 0.05) is 18.7 Å². The number of nitrogens with zero attached hydrogens (tertiary/aromatic N) is 4. The number of benzene rings is 1. The van der Waals surface area contributed by atoms with Crippen molar-refractivity contribution in [2.75, 3.05) is 24.5 Å². The maximum Gasteiger partial charge on any atom is 0.177 e. The standard InChI is InChI=1S/C18H20Cl2N6/c1-18(10-21)5-7-26(8-6-18)13-9-22-16-15(24-25-17(16)23-13)11-3-2-4-12(19)14(11)20/h2-4,9H,5-8,10,21H2,1H3,(H,23,24,25). The molecule has 3 N–H and O–H groups in total. The third kappa shape index (κ3) is 3.02. The molecule has 1 aliphatic rings. The molecule has 3 aromatic rings. The molecule has 0 radical (unpaired) electrons. The lowest BCUT2D eigenvalue weighted by Gasteiger charge is -2.39. The third-order valence-corrected chi connectivity index (χ3v) is 6.07. The molecule has 0 bridgehead atoms. The van der Waals surface area contributed by atoms with Gasteiger partial charge < -0.3 is 10.6 Å². The highest BCUT2D eigenvalue weighted by Crippen LogP contribution is 2.36. The number of aromatic nitrogens is 4. The summed E-state index contributed by atoms with van der Waals surface area (Å²) in [4.78, 5) is 11.6. The van der Waals surface area contributed by atoms with E-state index < -0.39 is 0 Å². The second kappa shape index (κ2) is 6.68. The summed E-state index contributed by atoms with van der Waals surface area (Å²) in [5, 5.41) is 8.28. The first-order valence-electron chi connectivity index (χ1n) is 8.61. The molecule has 0 amide bonds. The van der Waals surface area contributed by atoms with Crippen LogP contribution in [0.15, 0.2) is 24.4 Å². The molecule has 1 aliphatic heterocycles. The fraction of sp³-hybridized carbons (Fsp3) is 0.389. The van der Waals surface area contributed by atoms with Crippen molar-refractivity contribution in [1.29, 1.82) is 0 Å². The number of halogens is 2. The highest BCUT2D eigenvalue weighted by atomic mass is 35.5. The highest BCUT2D eigenvalue weighted by Gasteiger charge is 2.29. The second-order valence-corrected chi connectivity index (χ2v) is 7.89. The van der Waals surface area contributed by atoms with Crippen LogP contribution in [0.25, 0.3) is 22.4 Å². The van der Waals surface area contributed by atoms with Gasteiger partial charge in [0.25, 0.3) is 0 Å². The van der Waals surface area contributed by atoms with Crippen molar-refractivity contribution in [3.8, 4) is 11.3 Å². The number of nitrogens with one attached hydrogen (secondary N) is 1. The number of fused-ring (bicyclic) bond motifs is 1. The van der Waals surface area contributed by atoms with Gasteiger partial charge in [-0.05, 0) is 30.9 Å². The zero-order valence-corrected chi connectivity index (χ0v) is 16.0. The van der Waals surface area contributed by atoms with Gasteiger partial charge >= 0.3 is 0 Å². The number of anilines is 1. The lowest BCUT2D eigenvalue weighted by atomic mass is 9.80. The lowest BCUT2D eigenvalue weighted by Crippen LogP contribution is -2.42. The number of hydrogen-bond acceptors (Lipinski definition) is 5. The largest absolute Gasteiger partial charge is 0.355 e. The summed E-state index contributed by atoms with van der Waals surface area (Å²) < 4.78 is 0. The summed E-state index contributed by atoms with van der Waals surface area (Å²) in [6, 6.07) is 5.46. The van der Waals surface area contributed by atoms with Crippen molar-refractivity contribution in [1.82, 2.24) is 20.2 Å². The van der Waals surface area contributed by atoms with E-state index in [1.54, 1.807) is 12.3 Å². The number of nitrogens with two attached hydrogens (primary N) is 1. The smallest absolute Gasteiger partial charge is 0.177 e. The van der Waals surface area contributed by atoms with Crippen LogP contribution in [0.5, 0.6) is 0 Å². The van der Waals surface area contributed by atoms with Gasteiger partial charge in [0.2, 0.25) is 0 Å². The van der Waals surface area contributed by atoms with E-state index in [1.807, 2.05) is 12.1 Å². The Morgan fingerprint density at radius 2 is 2.04 bits per heavy atom.